The van der Waals surface area contributed by atoms with Crippen LogP contribution in [0.25, 0.3) is 0 Å². The first-order valence-corrected chi connectivity index (χ1v) is 6.48. The molecule has 1 saturated heterocycles. The summed E-state index contributed by atoms with van der Waals surface area (Å²) < 4.78 is 0. The molecule has 2 saturated carbocycles. The van der Waals surface area contributed by atoms with E-state index in [2.05, 4.69) is 10.1 Å². The van der Waals surface area contributed by atoms with E-state index in [-0.39, 0.29) is 0 Å². The van der Waals surface area contributed by atoms with E-state index in [4.69, 9.17) is 0 Å². The summed E-state index contributed by atoms with van der Waals surface area (Å²) in [7, 11) is 0. The molecule has 0 spiro atoms. The highest BCUT2D eigenvalue weighted by Crippen LogP contribution is 2.45. The third-order valence-corrected chi connectivity index (χ3v) is 4.65. The van der Waals surface area contributed by atoms with Crippen molar-refractivity contribution in [2.75, 3.05) is 26.2 Å². The van der Waals surface area contributed by atoms with Crippen LogP contribution in [0.2, 0.25) is 0 Å². The van der Waals surface area contributed by atoms with Gasteiger partial charge >= 0.3 is 0 Å². The summed E-state index contributed by atoms with van der Waals surface area (Å²) >= 11 is 0. The van der Waals surface area contributed by atoms with Crippen molar-refractivity contribution in [2.45, 2.75) is 25.3 Å². The highest BCUT2D eigenvalue weighted by atomic mass is 16.4. The molecule has 3 rings (SSSR count). The molecule has 5 nitrogen and oxygen atoms in total. The number of hydrogen-bond acceptors (Lipinski definition) is 4. The topological polar surface area (TPSA) is 56.1 Å². The average molecular weight is 237 g/mol. The van der Waals surface area contributed by atoms with Gasteiger partial charge in [0.25, 0.3) is 0 Å². The SMILES string of the molecule is O=CN1CCN([C@@H]2/C(=N/O)[C@@H]3CC[C@H]2C3)CC1. The highest BCUT2D eigenvalue weighted by Gasteiger charge is 2.48. The fourth-order valence-electron chi connectivity index (χ4n) is 3.80. The lowest BCUT2D eigenvalue weighted by Crippen LogP contribution is -2.54. The Hall–Kier alpha value is -1.10. The summed E-state index contributed by atoms with van der Waals surface area (Å²) in [4.78, 5) is 14.9. The molecule has 5 heteroatoms. The van der Waals surface area contributed by atoms with Crippen molar-refractivity contribution < 1.29 is 10.0 Å². The molecule has 3 atom stereocenters. The maximum atomic E-state index is 10.7. The van der Waals surface area contributed by atoms with Crippen molar-refractivity contribution in [1.82, 2.24) is 9.80 Å². The molecule has 2 bridgehead atoms. The third kappa shape index (κ3) is 1.73. The van der Waals surface area contributed by atoms with Gasteiger partial charge in [-0.15, -0.1) is 0 Å². The van der Waals surface area contributed by atoms with Gasteiger partial charge in [0.05, 0.1) is 11.8 Å². The van der Waals surface area contributed by atoms with E-state index in [0.717, 1.165) is 38.3 Å². The molecule has 3 fully saturated rings. The van der Waals surface area contributed by atoms with E-state index in [9.17, 15) is 10.0 Å². The molecule has 0 aromatic rings. The van der Waals surface area contributed by atoms with Crippen LogP contribution >= 0.6 is 0 Å². The Kier molecular flexibility index (Phi) is 2.78. The lowest BCUT2D eigenvalue weighted by atomic mass is 9.91. The predicted molar refractivity (Wildman–Crippen MR) is 63.1 cm³/mol. The zero-order chi connectivity index (χ0) is 11.8. The van der Waals surface area contributed by atoms with Gasteiger partial charge in [-0.3, -0.25) is 9.69 Å². The minimum Gasteiger partial charge on any atom is -0.411 e. The molecule has 1 N–H and O–H groups in total. The van der Waals surface area contributed by atoms with Crippen LogP contribution in [-0.2, 0) is 4.79 Å². The largest absolute Gasteiger partial charge is 0.411 e. The normalized spacial score (nSPS) is 40.1. The van der Waals surface area contributed by atoms with Gasteiger partial charge in [-0.2, -0.15) is 0 Å². The van der Waals surface area contributed by atoms with Crippen LogP contribution in [0.1, 0.15) is 19.3 Å². The maximum absolute atomic E-state index is 10.7. The van der Waals surface area contributed by atoms with E-state index in [1.807, 2.05) is 4.90 Å². The number of nitrogens with zero attached hydrogens (tertiary/aromatic N) is 3. The van der Waals surface area contributed by atoms with Crippen molar-refractivity contribution in [3.63, 3.8) is 0 Å². The Balaban J connectivity index is 1.70. The number of oxime groups is 1. The lowest BCUT2D eigenvalue weighted by Gasteiger charge is -2.39. The summed E-state index contributed by atoms with van der Waals surface area (Å²) in [5.41, 5.74) is 1.00. The number of rotatable bonds is 2. The van der Waals surface area contributed by atoms with Crippen LogP contribution < -0.4 is 0 Å². The number of carbonyl (C=O) groups is 1. The van der Waals surface area contributed by atoms with Gasteiger partial charge in [0.1, 0.15) is 0 Å². The van der Waals surface area contributed by atoms with Crippen LogP contribution in [0.5, 0.6) is 0 Å². The van der Waals surface area contributed by atoms with Gasteiger partial charge in [0, 0.05) is 32.1 Å². The Morgan fingerprint density at radius 2 is 2.00 bits per heavy atom. The first-order valence-electron chi connectivity index (χ1n) is 6.48. The number of piperazine rings is 1. The molecule has 2 aliphatic carbocycles. The fourth-order valence-corrected chi connectivity index (χ4v) is 3.80. The van der Waals surface area contributed by atoms with Gasteiger partial charge < -0.3 is 10.1 Å². The zero-order valence-corrected chi connectivity index (χ0v) is 9.96. The minimum atomic E-state index is 0.340. The Labute approximate surface area is 101 Å². The monoisotopic (exact) mass is 237 g/mol. The molecule has 3 aliphatic rings. The Bertz CT molecular complexity index is 337. The number of hydrogen-bond donors (Lipinski definition) is 1. The van der Waals surface area contributed by atoms with Crippen molar-refractivity contribution in [2.24, 2.45) is 17.0 Å². The first kappa shape index (κ1) is 11.0. The number of fused-ring (bicyclic) bond motifs is 2. The van der Waals surface area contributed by atoms with Gasteiger partial charge in [0.2, 0.25) is 6.41 Å². The van der Waals surface area contributed by atoms with E-state index in [1.165, 1.54) is 19.3 Å². The van der Waals surface area contributed by atoms with Crippen LogP contribution in [0.4, 0.5) is 0 Å². The molecule has 94 valence electrons. The second-order valence-electron chi connectivity index (χ2n) is 5.42. The quantitative estimate of drug-likeness (QED) is 0.429. The van der Waals surface area contributed by atoms with Crippen molar-refractivity contribution in [3.8, 4) is 0 Å². The highest BCUT2D eigenvalue weighted by molar-refractivity contribution is 5.94. The summed E-state index contributed by atoms with van der Waals surface area (Å²) in [6.45, 7) is 3.42. The lowest BCUT2D eigenvalue weighted by molar-refractivity contribution is -0.119. The molecule has 0 radical (unpaired) electrons. The molecule has 0 unspecified atom stereocenters. The predicted octanol–water partition coefficient (Wildman–Crippen LogP) is 0.389. The zero-order valence-electron chi connectivity index (χ0n) is 9.96. The number of carbonyl (C=O) groups excluding carboxylic acids is 1. The molecule has 0 aromatic carbocycles. The van der Waals surface area contributed by atoms with Crippen molar-refractivity contribution >= 4 is 12.1 Å². The van der Waals surface area contributed by atoms with E-state index >= 15 is 0 Å². The summed E-state index contributed by atoms with van der Waals surface area (Å²) in [6.07, 6.45) is 4.58. The summed E-state index contributed by atoms with van der Waals surface area (Å²) in [5.74, 6) is 1.19. The molecule has 1 aliphatic heterocycles. The minimum absolute atomic E-state index is 0.340. The van der Waals surface area contributed by atoms with Crippen molar-refractivity contribution in [3.05, 3.63) is 0 Å². The number of amides is 1. The van der Waals surface area contributed by atoms with Gasteiger partial charge in [0.15, 0.2) is 0 Å². The van der Waals surface area contributed by atoms with Crippen LogP contribution in [0, 0.1) is 11.8 Å². The second kappa shape index (κ2) is 4.29. The Morgan fingerprint density at radius 1 is 1.24 bits per heavy atom. The fraction of sp³-hybridized carbons (Fsp3) is 0.833. The third-order valence-electron chi connectivity index (χ3n) is 4.65. The molecule has 0 aromatic heterocycles. The van der Waals surface area contributed by atoms with Crippen LogP contribution in [-0.4, -0.2) is 59.3 Å². The van der Waals surface area contributed by atoms with Gasteiger partial charge in [-0.1, -0.05) is 5.16 Å². The summed E-state index contributed by atoms with van der Waals surface area (Å²) in [6, 6.07) is 0.340. The van der Waals surface area contributed by atoms with E-state index in [0.29, 0.717) is 17.9 Å². The molecule has 17 heavy (non-hydrogen) atoms. The van der Waals surface area contributed by atoms with E-state index in [1.54, 1.807) is 0 Å². The summed E-state index contributed by atoms with van der Waals surface area (Å²) in [5, 5.41) is 12.7. The maximum Gasteiger partial charge on any atom is 0.209 e. The average Bonchev–Trinajstić information content (AvgIpc) is 2.98. The Morgan fingerprint density at radius 3 is 2.65 bits per heavy atom. The van der Waals surface area contributed by atoms with Gasteiger partial charge in [-0.25, -0.2) is 0 Å². The van der Waals surface area contributed by atoms with Crippen LogP contribution in [0.15, 0.2) is 5.16 Å². The molecule has 1 heterocycles. The first-order chi connectivity index (χ1) is 8.33. The molecular formula is C12H19N3O2. The van der Waals surface area contributed by atoms with Crippen molar-refractivity contribution in [1.29, 1.82) is 0 Å². The van der Waals surface area contributed by atoms with E-state index < -0.39 is 0 Å². The smallest absolute Gasteiger partial charge is 0.209 e. The van der Waals surface area contributed by atoms with Crippen LogP contribution in [0.3, 0.4) is 0 Å². The second-order valence-corrected chi connectivity index (χ2v) is 5.42. The molecule has 1 amide bonds. The van der Waals surface area contributed by atoms with Gasteiger partial charge in [-0.05, 0) is 25.2 Å². The standard InChI is InChI=1S/C12H19N3O2/c16-8-14-3-5-15(6-4-14)12-10-2-1-9(7-10)11(12)13-17/h8-10,12,17H,1-7H2/b13-11+/t9-,10+,12+/m1/s1. The molecular weight excluding hydrogens is 218 g/mol.